The zero-order chi connectivity index (χ0) is 13.6. The summed E-state index contributed by atoms with van der Waals surface area (Å²) in [6, 6.07) is 1.63. The van der Waals surface area contributed by atoms with E-state index in [9.17, 15) is 10.2 Å². The van der Waals surface area contributed by atoms with Crippen LogP contribution in [0.3, 0.4) is 0 Å². The molecular formula is C11H21N5O2. The van der Waals surface area contributed by atoms with Gasteiger partial charge in [-0.1, -0.05) is 13.8 Å². The molecule has 1 aromatic rings. The quantitative estimate of drug-likeness (QED) is 0.340. The molecule has 1 aromatic heterocycles. The van der Waals surface area contributed by atoms with Gasteiger partial charge < -0.3 is 21.0 Å². The van der Waals surface area contributed by atoms with Crippen LogP contribution in [0, 0.1) is 0 Å². The highest BCUT2D eigenvalue weighted by molar-refractivity contribution is 5.48. The third-order valence-corrected chi connectivity index (χ3v) is 2.91. The summed E-state index contributed by atoms with van der Waals surface area (Å²) in [6.07, 6.45) is 1.23. The van der Waals surface area contributed by atoms with Crippen LogP contribution in [-0.4, -0.2) is 38.9 Å². The van der Waals surface area contributed by atoms with Crippen molar-refractivity contribution in [1.29, 1.82) is 0 Å². The molecule has 0 saturated carbocycles. The Bertz CT molecular complexity index is 351. The number of anilines is 2. The Morgan fingerprint density at radius 3 is 2.28 bits per heavy atom. The van der Waals surface area contributed by atoms with Crippen LogP contribution in [-0.2, 0) is 6.42 Å². The zero-order valence-electron chi connectivity index (χ0n) is 10.8. The molecule has 0 radical (unpaired) electrons. The molecule has 0 fully saturated rings. The van der Waals surface area contributed by atoms with Crippen LogP contribution in [0.15, 0.2) is 6.07 Å². The predicted molar refractivity (Wildman–Crippen MR) is 70.0 cm³/mol. The topological polar surface area (TPSA) is 116 Å². The van der Waals surface area contributed by atoms with Crippen molar-refractivity contribution in [3.8, 4) is 0 Å². The SMILES string of the molecule is CCc1nc(NN)cc(NC(CC)(CO)CO)n1. The number of nitrogens with zero attached hydrogens (tertiary/aromatic N) is 2. The normalized spacial score (nSPS) is 11.4. The number of aryl methyl sites for hydroxylation is 1. The lowest BCUT2D eigenvalue weighted by Crippen LogP contribution is -2.45. The minimum Gasteiger partial charge on any atom is -0.394 e. The first-order valence-electron chi connectivity index (χ1n) is 5.97. The standard InChI is InChI=1S/C11H21N5O2/c1-3-8-13-9(5-10(14-8)16-12)15-11(4-2,6-17)7-18/h5,17-18H,3-4,6-7,12H2,1-2H3,(H2,13,14,15,16). The molecule has 0 aliphatic heterocycles. The first-order valence-corrected chi connectivity index (χ1v) is 5.97. The van der Waals surface area contributed by atoms with Gasteiger partial charge in [0.25, 0.3) is 0 Å². The highest BCUT2D eigenvalue weighted by Crippen LogP contribution is 2.19. The lowest BCUT2D eigenvalue weighted by atomic mass is 9.98. The van der Waals surface area contributed by atoms with E-state index >= 15 is 0 Å². The fourth-order valence-corrected chi connectivity index (χ4v) is 1.51. The van der Waals surface area contributed by atoms with Crippen LogP contribution in [0.5, 0.6) is 0 Å². The van der Waals surface area contributed by atoms with E-state index in [-0.39, 0.29) is 13.2 Å². The lowest BCUT2D eigenvalue weighted by molar-refractivity contribution is 0.132. The van der Waals surface area contributed by atoms with E-state index in [1.54, 1.807) is 6.07 Å². The molecule has 0 aromatic carbocycles. The summed E-state index contributed by atoms with van der Waals surface area (Å²) in [4.78, 5) is 8.45. The molecular weight excluding hydrogens is 234 g/mol. The highest BCUT2D eigenvalue weighted by atomic mass is 16.3. The molecule has 0 atom stereocenters. The number of nitrogen functional groups attached to an aromatic ring is 1. The van der Waals surface area contributed by atoms with Crippen molar-refractivity contribution in [3.63, 3.8) is 0 Å². The maximum Gasteiger partial charge on any atom is 0.145 e. The number of hydrogen-bond donors (Lipinski definition) is 5. The first kappa shape index (κ1) is 14.6. The van der Waals surface area contributed by atoms with Gasteiger partial charge in [0.15, 0.2) is 0 Å². The van der Waals surface area contributed by atoms with Crippen molar-refractivity contribution >= 4 is 11.6 Å². The molecule has 102 valence electrons. The lowest BCUT2D eigenvalue weighted by Gasteiger charge is -2.30. The first-order chi connectivity index (χ1) is 8.62. The van der Waals surface area contributed by atoms with Gasteiger partial charge in [0.2, 0.25) is 0 Å². The van der Waals surface area contributed by atoms with Crippen LogP contribution in [0.1, 0.15) is 26.1 Å². The van der Waals surface area contributed by atoms with Gasteiger partial charge in [-0.25, -0.2) is 15.8 Å². The van der Waals surface area contributed by atoms with Crippen LogP contribution >= 0.6 is 0 Å². The van der Waals surface area contributed by atoms with Crippen LogP contribution in [0.2, 0.25) is 0 Å². The summed E-state index contributed by atoms with van der Waals surface area (Å²) < 4.78 is 0. The Hall–Kier alpha value is -1.44. The molecule has 1 rings (SSSR count). The minimum atomic E-state index is -0.786. The second-order valence-corrected chi connectivity index (χ2v) is 4.13. The summed E-state index contributed by atoms with van der Waals surface area (Å²) in [5, 5.41) is 21.8. The summed E-state index contributed by atoms with van der Waals surface area (Å²) >= 11 is 0. The summed E-state index contributed by atoms with van der Waals surface area (Å²) in [7, 11) is 0. The molecule has 18 heavy (non-hydrogen) atoms. The van der Waals surface area contributed by atoms with Crippen molar-refractivity contribution in [2.75, 3.05) is 24.0 Å². The molecule has 1 heterocycles. The Morgan fingerprint density at radius 2 is 1.83 bits per heavy atom. The van der Waals surface area contributed by atoms with Gasteiger partial charge in [-0.3, -0.25) is 0 Å². The third-order valence-electron chi connectivity index (χ3n) is 2.91. The van der Waals surface area contributed by atoms with Gasteiger partial charge >= 0.3 is 0 Å². The monoisotopic (exact) mass is 255 g/mol. The molecule has 0 unspecified atom stereocenters. The van der Waals surface area contributed by atoms with Crippen LogP contribution in [0.4, 0.5) is 11.6 Å². The largest absolute Gasteiger partial charge is 0.394 e. The molecule has 0 aliphatic rings. The van der Waals surface area contributed by atoms with E-state index in [0.29, 0.717) is 30.3 Å². The van der Waals surface area contributed by atoms with E-state index < -0.39 is 5.54 Å². The van der Waals surface area contributed by atoms with E-state index in [2.05, 4.69) is 20.7 Å². The van der Waals surface area contributed by atoms with Crippen molar-refractivity contribution in [2.24, 2.45) is 5.84 Å². The van der Waals surface area contributed by atoms with Gasteiger partial charge in [-0.05, 0) is 6.42 Å². The second kappa shape index (κ2) is 6.48. The molecule has 0 spiro atoms. The van der Waals surface area contributed by atoms with Crippen molar-refractivity contribution in [2.45, 2.75) is 32.2 Å². The zero-order valence-corrected chi connectivity index (χ0v) is 10.8. The minimum absolute atomic E-state index is 0.184. The molecule has 6 N–H and O–H groups in total. The number of nitrogens with one attached hydrogen (secondary N) is 2. The van der Waals surface area contributed by atoms with Gasteiger partial charge in [-0.15, -0.1) is 0 Å². The van der Waals surface area contributed by atoms with Crippen LogP contribution in [0.25, 0.3) is 0 Å². The van der Waals surface area contributed by atoms with Gasteiger partial charge in [0.05, 0.1) is 18.8 Å². The fourth-order valence-electron chi connectivity index (χ4n) is 1.51. The number of aliphatic hydroxyl groups is 2. The Morgan fingerprint density at radius 1 is 1.22 bits per heavy atom. The van der Waals surface area contributed by atoms with Crippen molar-refractivity contribution in [3.05, 3.63) is 11.9 Å². The Balaban J connectivity index is 3.01. The molecule has 7 nitrogen and oxygen atoms in total. The van der Waals surface area contributed by atoms with E-state index in [1.807, 2.05) is 13.8 Å². The molecule has 0 saturated heterocycles. The fraction of sp³-hybridized carbons (Fsp3) is 0.636. The van der Waals surface area contributed by atoms with Crippen molar-refractivity contribution in [1.82, 2.24) is 9.97 Å². The summed E-state index contributed by atoms with van der Waals surface area (Å²) in [6.45, 7) is 3.45. The number of hydrazine groups is 1. The second-order valence-electron chi connectivity index (χ2n) is 4.13. The van der Waals surface area contributed by atoms with Gasteiger partial charge in [-0.2, -0.15) is 0 Å². The average molecular weight is 255 g/mol. The molecule has 0 aliphatic carbocycles. The van der Waals surface area contributed by atoms with E-state index in [1.165, 1.54) is 0 Å². The number of hydrogen-bond acceptors (Lipinski definition) is 7. The van der Waals surface area contributed by atoms with Gasteiger partial charge in [0, 0.05) is 12.5 Å². The average Bonchev–Trinajstić information content (AvgIpc) is 2.44. The predicted octanol–water partition coefficient (Wildman–Crippen LogP) is -0.130. The number of nitrogens with two attached hydrogens (primary N) is 1. The van der Waals surface area contributed by atoms with E-state index in [0.717, 1.165) is 0 Å². The van der Waals surface area contributed by atoms with E-state index in [4.69, 9.17) is 5.84 Å². The highest BCUT2D eigenvalue weighted by Gasteiger charge is 2.27. The number of rotatable bonds is 7. The van der Waals surface area contributed by atoms with Gasteiger partial charge in [0.1, 0.15) is 17.5 Å². The van der Waals surface area contributed by atoms with Crippen LogP contribution < -0.4 is 16.6 Å². The summed E-state index contributed by atoms with van der Waals surface area (Å²) in [5.74, 6) is 6.99. The number of aromatic nitrogens is 2. The maximum atomic E-state index is 9.38. The smallest absolute Gasteiger partial charge is 0.145 e. The summed E-state index contributed by atoms with van der Waals surface area (Å²) in [5.41, 5.74) is 1.68. The third kappa shape index (κ3) is 3.28. The maximum absolute atomic E-state index is 9.38. The van der Waals surface area contributed by atoms with Crippen molar-refractivity contribution < 1.29 is 10.2 Å². The number of aliphatic hydroxyl groups excluding tert-OH is 2. The Kier molecular flexibility index (Phi) is 5.26. The molecule has 0 bridgehead atoms. The molecule has 0 amide bonds. The Labute approximate surface area is 106 Å². The molecule has 7 heteroatoms.